The average molecular weight is 204 g/mol. The molecule has 0 amide bonds. The predicted molar refractivity (Wildman–Crippen MR) is 61.9 cm³/mol. The summed E-state index contributed by atoms with van der Waals surface area (Å²) >= 11 is 0. The Labute approximate surface area is 90.2 Å². The molecule has 0 fully saturated rings. The van der Waals surface area contributed by atoms with Crippen LogP contribution in [0.5, 0.6) is 0 Å². The van der Waals surface area contributed by atoms with Crippen molar-refractivity contribution < 1.29 is 4.74 Å². The van der Waals surface area contributed by atoms with E-state index in [2.05, 4.69) is 24.1 Å². The van der Waals surface area contributed by atoms with Crippen LogP contribution in [0.3, 0.4) is 0 Å². The molecule has 0 aromatic heterocycles. The summed E-state index contributed by atoms with van der Waals surface area (Å²) in [5.74, 6) is 0.242. The molecule has 80 valence electrons. The second kappa shape index (κ2) is 3.93. The van der Waals surface area contributed by atoms with E-state index in [1.807, 2.05) is 6.07 Å². The van der Waals surface area contributed by atoms with Crippen molar-refractivity contribution in [2.45, 2.75) is 12.8 Å². The van der Waals surface area contributed by atoms with Crippen LogP contribution in [0.4, 0.5) is 5.69 Å². The van der Waals surface area contributed by atoms with Crippen LogP contribution in [0.15, 0.2) is 18.2 Å². The molecule has 1 aliphatic rings. The van der Waals surface area contributed by atoms with Gasteiger partial charge < -0.3 is 9.64 Å². The van der Waals surface area contributed by atoms with E-state index in [-0.39, 0.29) is 5.90 Å². The molecule has 1 N–H and O–H groups in total. The number of anilines is 1. The standard InChI is InChI=1S/C12H16N2O/c1-14-7-3-4-9-8-10(12(13)15-2)5-6-11(9)14/h5-6,8,13H,3-4,7H2,1-2H3. The number of benzene rings is 1. The first-order valence-electron chi connectivity index (χ1n) is 5.19. The molecule has 0 saturated carbocycles. The van der Waals surface area contributed by atoms with Crippen LogP contribution >= 0.6 is 0 Å². The zero-order valence-corrected chi connectivity index (χ0v) is 9.21. The van der Waals surface area contributed by atoms with Gasteiger partial charge in [-0.15, -0.1) is 0 Å². The molecule has 0 saturated heterocycles. The van der Waals surface area contributed by atoms with E-state index < -0.39 is 0 Å². The normalized spacial score (nSPS) is 14.7. The maximum Gasteiger partial charge on any atom is 0.212 e. The first kappa shape index (κ1) is 10.0. The van der Waals surface area contributed by atoms with Gasteiger partial charge >= 0.3 is 0 Å². The highest BCUT2D eigenvalue weighted by molar-refractivity contribution is 5.92. The fraction of sp³-hybridized carbons (Fsp3) is 0.417. The van der Waals surface area contributed by atoms with Gasteiger partial charge in [-0.25, -0.2) is 0 Å². The summed E-state index contributed by atoms with van der Waals surface area (Å²) in [6.07, 6.45) is 2.29. The second-order valence-corrected chi connectivity index (χ2v) is 3.90. The van der Waals surface area contributed by atoms with E-state index in [1.54, 1.807) is 0 Å². The third-order valence-electron chi connectivity index (χ3n) is 2.90. The Morgan fingerprint density at radius 2 is 2.27 bits per heavy atom. The molecule has 0 bridgehead atoms. The molecule has 1 aromatic carbocycles. The van der Waals surface area contributed by atoms with Crippen LogP contribution < -0.4 is 4.90 Å². The molecule has 3 heteroatoms. The van der Waals surface area contributed by atoms with Crippen LogP contribution in [0, 0.1) is 5.41 Å². The Hall–Kier alpha value is -1.51. The number of aryl methyl sites for hydroxylation is 1. The van der Waals surface area contributed by atoms with Crippen LogP contribution in [0.1, 0.15) is 17.5 Å². The summed E-state index contributed by atoms with van der Waals surface area (Å²) in [5, 5.41) is 7.61. The van der Waals surface area contributed by atoms with Gasteiger partial charge in [-0.3, -0.25) is 5.41 Å². The molecule has 0 atom stereocenters. The van der Waals surface area contributed by atoms with E-state index in [0.717, 1.165) is 18.5 Å². The van der Waals surface area contributed by atoms with E-state index >= 15 is 0 Å². The third-order valence-corrected chi connectivity index (χ3v) is 2.90. The lowest BCUT2D eigenvalue weighted by molar-refractivity contribution is 0.401. The molecule has 15 heavy (non-hydrogen) atoms. The molecule has 0 aliphatic carbocycles. The largest absolute Gasteiger partial charge is 0.481 e. The summed E-state index contributed by atoms with van der Waals surface area (Å²) in [7, 11) is 3.65. The van der Waals surface area contributed by atoms with Crippen molar-refractivity contribution >= 4 is 11.6 Å². The zero-order chi connectivity index (χ0) is 10.8. The highest BCUT2D eigenvalue weighted by atomic mass is 16.5. The van der Waals surface area contributed by atoms with Crippen LogP contribution in [-0.2, 0) is 11.2 Å². The Bertz CT molecular complexity index is 387. The number of fused-ring (bicyclic) bond motifs is 1. The Kier molecular flexibility index (Phi) is 2.62. The molecule has 2 rings (SSSR count). The smallest absolute Gasteiger partial charge is 0.212 e. The number of rotatable bonds is 1. The number of ether oxygens (including phenoxy) is 1. The number of methoxy groups -OCH3 is 1. The van der Waals surface area contributed by atoms with Crippen LogP contribution in [0.25, 0.3) is 0 Å². The van der Waals surface area contributed by atoms with E-state index in [4.69, 9.17) is 10.1 Å². The lowest BCUT2D eigenvalue weighted by atomic mass is 9.99. The van der Waals surface area contributed by atoms with Gasteiger partial charge in [0, 0.05) is 24.8 Å². The summed E-state index contributed by atoms with van der Waals surface area (Å²) in [6, 6.07) is 6.10. The second-order valence-electron chi connectivity index (χ2n) is 3.90. The molecule has 1 aliphatic heterocycles. The quantitative estimate of drug-likeness (QED) is 0.561. The van der Waals surface area contributed by atoms with Gasteiger partial charge in [0.05, 0.1) is 7.11 Å². The minimum atomic E-state index is 0.242. The topological polar surface area (TPSA) is 36.3 Å². The number of hydrogen-bond acceptors (Lipinski definition) is 3. The van der Waals surface area contributed by atoms with Crippen molar-refractivity contribution in [2.75, 3.05) is 25.6 Å². The van der Waals surface area contributed by atoms with Gasteiger partial charge in [0.2, 0.25) is 5.90 Å². The van der Waals surface area contributed by atoms with E-state index in [9.17, 15) is 0 Å². The molecule has 0 spiro atoms. The number of hydrogen-bond donors (Lipinski definition) is 1. The zero-order valence-electron chi connectivity index (χ0n) is 9.21. The lowest BCUT2D eigenvalue weighted by Crippen LogP contribution is -2.24. The van der Waals surface area contributed by atoms with Gasteiger partial charge in [-0.05, 0) is 36.6 Å². The molecule has 1 aromatic rings. The monoisotopic (exact) mass is 204 g/mol. The Balaban J connectivity index is 2.37. The Morgan fingerprint density at radius 3 is 3.00 bits per heavy atom. The van der Waals surface area contributed by atoms with E-state index in [1.165, 1.54) is 24.8 Å². The van der Waals surface area contributed by atoms with Crippen molar-refractivity contribution in [1.29, 1.82) is 5.41 Å². The molecular weight excluding hydrogens is 188 g/mol. The first-order chi connectivity index (χ1) is 7.22. The van der Waals surface area contributed by atoms with Crippen molar-refractivity contribution in [1.82, 2.24) is 0 Å². The van der Waals surface area contributed by atoms with Crippen LogP contribution in [-0.4, -0.2) is 26.6 Å². The summed E-state index contributed by atoms with van der Waals surface area (Å²) in [6.45, 7) is 1.12. The minimum Gasteiger partial charge on any atom is -0.481 e. The summed E-state index contributed by atoms with van der Waals surface area (Å²) in [5.41, 5.74) is 3.48. The highest BCUT2D eigenvalue weighted by Gasteiger charge is 2.14. The fourth-order valence-electron chi connectivity index (χ4n) is 2.04. The molecule has 0 unspecified atom stereocenters. The maximum absolute atomic E-state index is 7.61. The molecular formula is C12H16N2O. The molecule has 1 heterocycles. The highest BCUT2D eigenvalue weighted by Crippen LogP contribution is 2.26. The number of nitrogens with one attached hydrogen (secondary N) is 1. The fourth-order valence-corrected chi connectivity index (χ4v) is 2.04. The third kappa shape index (κ3) is 1.82. The van der Waals surface area contributed by atoms with Crippen molar-refractivity contribution in [3.63, 3.8) is 0 Å². The molecule has 0 radical (unpaired) electrons. The van der Waals surface area contributed by atoms with Crippen molar-refractivity contribution in [3.8, 4) is 0 Å². The van der Waals surface area contributed by atoms with Crippen LogP contribution in [0.2, 0.25) is 0 Å². The first-order valence-corrected chi connectivity index (χ1v) is 5.19. The minimum absolute atomic E-state index is 0.242. The maximum atomic E-state index is 7.61. The van der Waals surface area contributed by atoms with Gasteiger partial charge in [-0.1, -0.05) is 0 Å². The SMILES string of the molecule is COC(=N)c1ccc2c(c1)CCCN2C. The number of nitrogens with zero attached hydrogens (tertiary/aromatic N) is 1. The van der Waals surface area contributed by atoms with Crippen molar-refractivity contribution in [3.05, 3.63) is 29.3 Å². The van der Waals surface area contributed by atoms with Gasteiger partial charge in [0.1, 0.15) is 0 Å². The lowest BCUT2D eigenvalue weighted by Gasteiger charge is -2.27. The van der Waals surface area contributed by atoms with Gasteiger partial charge in [0.25, 0.3) is 0 Å². The average Bonchev–Trinajstić information content (AvgIpc) is 2.28. The predicted octanol–water partition coefficient (Wildman–Crippen LogP) is 2.04. The summed E-state index contributed by atoms with van der Waals surface area (Å²) < 4.78 is 4.92. The van der Waals surface area contributed by atoms with Crippen molar-refractivity contribution in [2.24, 2.45) is 0 Å². The summed E-state index contributed by atoms with van der Waals surface area (Å²) in [4.78, 5) is 2.26. The van der Waals surface area contributed by atoms with Gasteiger partial charge in [0.15, 0.2) is 0 Å². The Morgan fingerprint density at radius 1 is 1.47 bits per heavy atom. The molecule has 3 nitrogen and oxygen atoms in total. The van der Waals surface area contributed by atoms with E-state index in [0.29, 0.717) is 0 Å². The van der Waals surface area contributed by atoms with Gasteiger partial charge in [-0.2, -0.15) is 0 Å².